The van der Waals surface area contributed by atoms with Gasteiger partial charge in [0.05, 0.1) is 6.04 Å². The van der Waals surface area contributed by atoms with Crippen LogP contribution in [-0.2, 0) is 4.79 Å². The van der Waals surface area contributed by atoms with E-state index in [1.54, 1.807) is 11.3 Å². The van der Waals surface area contributed by atoms with E-state index < -0.39 is 0 Å². The van der Waals surface area contributed by atoms with Crippen LogP contribution in [0.2, 0.25) is 0 Å². The summed E-state index contributed by atoms with van der Waals surface area (Å²) in [5.74, 6) is 0.308. The van der Waals surface area contributed by atoms with Gasteiger partial charge in [-0.3, -0.25) is 10.1 Å². The van der Waals surface area contributed by atoms with Crippen molar-refractivity contribution in [3.8, 4) is 0 Å². The number of unbranched alkanes of at least 4 members (excludes halogenated alkanes) is 1. The lowest BCUT2D eigenvalue weighted by Gasteiger charge is -2.31. The van der Waals surface area contributed by atoms with Gasteiger partial charge in [0.15, 0.2) is 0 Å². The molecule has 2 heterocycles. The Bertz CT molecular complexity index is 432. The summed E-state index contributed by atoms with van der Waals surface area (Å²) in [5, 5.41) is 5.69. The van der Waals surface area contributed by atoms with Gasteiger partial charge < -0.3 is 4.90 Å². The maximum absolute atomic E-state index is 12.9. The van der Waals surface area contributed by atoms with E-state index in [1.165, 1.54) is 4.88 Å². The second kappa shape index (κ2) is 7.95. The maximum atomic E-state index is 12.9. The van der Waals surface area contributed by atoms with Crippen molar-refractivity contribution < 1.29 is 4.79 Å². The van der Waals surface area contributed by atoms with Crippen molar-refractivity contribution >= 4 is 17.2 Å². The molecule has 21 heavy (non-hydrogen) atoms. The molecular formula is C17H28N2OS. The van der Waals surface area contributed by atoms with E-state index in [1.807, 2.05) is 0 Å². The average Bonchev–Trinajstić information content (AvgIpc) is 3.11. The topological polar surface area (TPSA) is 32.3 Å². The van der Waals surface area contributed by atoms with Gasteiger partial charge in [-0.1, -0.05) is 46.1 Å². The molecule has 0 spiro atoms. The van der Waals surface area contributed by atoms with Gasteiger partial charge in [-0.15, -0.1) is 11.3 Å². The van der Waals surface area contributed by atoms with Crippen molar-refractivity contribution in [2.45, 2.75) is 77.5 Å². The number of rotatable bonds is 8. The van der Waals surface area contributed by atoms with Crippen LogP contribution in [-0.4, -0.2) is 22.9 Å². The molecule has 0 aromatic carbocycles. The van der Waals surface area contributed by atoms with E-state index in [0.29, 0.717) is 11.9 Å². The highest BCUT2D eigenvalue weighted by Crippen LogP contribution is 2.33. The van der Waals surface area contributed by atoms with Crippen LogP contribution in [0.1, 0.15) is 70.3 Å². The first-order valence-corrected chi connectivity index (χ1v) is 9.22. The zero-order valence-electron chi connectivity index (χ0n) is 13.5. The van der Waals surface area contributed by atoms with Crippen molar-refractivity contribution in [3.05, 3.63) is 22.4 Å². The fourth-order valence-corrected chi connectivity index (χ4v) is 3.98. The maximum Gasteiger partial charge on any atom is 0.241 e. The van der Waals surface area contributed by atoms with E-state index in [2.05, 4.69) is 48.5 Å². The average molecular weight is 308 g/mol. The molecule has 0 aliphatic carbocycles. The minimum Gasteiger partial charge on any atom is -0.318 e. The predicted octanol–water partition coefficient (Wildman–Crippen LogP) is 4.32. The first kappa shape index (κ1) is 16.5. The number of carbonyl (C=O) groups is 1. The van der Waals surface area contributed by atoms with Gasteiger partial charge in [0, 0.05) is 10.9 Å². The number of hydrogen-bond acceptors (Lipinski definition) is 3. The molecule has 1 amide bonds. The SMILES string of the molecule is CCCCC1NC(c2cccs2)N(C(CC)CCC)C1=O. The summed E-state index contributed by atoms with van der Waals surface area (Å²) in [6, 6.07) is 4.57. The molecule has 0 saturated carbocycles. The van der Waals surface area contributed by atoms with E-state index in [9.17, 15) is 4.79 Å². The summed E-state index contributed by atoms with van der Waals surface area (Å²) in [7, 11) is 0. The first-order chi connectivity index (χ1) is 10.2. The van der Waals surface area contributed by atoms with Gasteiger partial charge in [0.2, 0.25) is 5.91 Å². The molecule has 1 N–H and O–H groups in total. The molecule has 3 unspecified atom stereocenters. The van der Waals surface area contributed by atoms with Crippen molar-refractivity contribution in [2.24, 2.45) is 0 Å². The normalized spacial score (nSPS) is 23.8. The van der Waals surface area contributed by atoms with E-state index in [-0.39, 0.29) is 12.2 Å². The van der Waals surface area contributed by atoms with Gasteiger partial charge >= 0.3 is 0 Å². The minimum atomic E-state index is 0.00274. The van der Waals surface area contributed by atoms with E-state index in [0.717, 1.165) is 38.5 Å². The Labute approximate surface area is 132 Å². The molecule has 0 bridgehead atoms. The molecule has 118 valence electrons. The number of nitrogens with zero attached hydrogens (tertiary/aromatic N) is 1. The number of hydrogen-bond donors (Lipinski definition) is 1. The van der Waals surface area contributed by atoms with Crippen LogP contribution in [0, 0.1) is 0 Å². The smallest absolute Gasteiger partial charge is 0.241 e. The second-order valence-electron chi connectivity index (χ2n) is 5.88. The Morgan fingerprint density at radius 1 is 1.33 bits per heavy atom. The largest absolute Gasteiger partial charge is 0.318 e. The standard InChI is InChI=1S/C17H28N2OS/c1-4-7-10-14-17(20)19(13(6-3)9-5-2)16(18-14)15-11-8-12-21-15/h8,11-14,16,18H,4-7,9-10H2,1-3H3. The van der Waals surface area contributed by atoms with Crippen LogP contribution in [0.3, 0.4) is 0 Å². The fourth-order valence-electron chi connectivity index (χ4n) is 3.19. The Morgan fingerprint density at radius 2 is 2.14 bits per heavy atom. The summed E-state index contributed by atoms with van der Waals surface area (Å²) >= 11 is 1.74. The van der Waals surface area contributed by atoms with Crippen LogP contribution < -0.4 is 5.32 Å². The summed E-state index contributed by atoms with van der Waals surface area (Å²) < 4.78 is 0. The molecule has 2 rings (SSSR count). The van der Waals surface area contributed by atoms with Crippen molar-refractivity contribution in [2.75, 3.05) is 0 Å². The highest BCUT2D eigenvalue weighted by atomic mass is 32.1. The summed E-state index contributed by atoms with van der Waals surface area (Å²) in [6.07, 6.45) is 6.53. The third kappa shape index (κ3) is 3.67. The lowest BCUT2D eigenvalue weighted by Crippen LogP contribution is -2.39. The van der Waals surface area contributed by atoms with Crippen LogP contribution in [0.4, 0.5) is 0 Å². The monoisotopic (exact) mass is 308 g/mol. The number of amides is 1. The molecule has 1 fully saturated rings. The highest BCUT2D eigenvalue weighted by Gasteiger charge is 2.42. The molecule has 3 atom stereocenters. The molecule has 1 aliphatic heterocycles. The van der Waals surface area contributed by atoms with E-state index >= 15 is 0 Å². The lowest BCUT2D eigenvalue weighted by atomic mass is 10.1. The first-order valence-electron chi connectivity index (χ1n) is 8.34. The van der Waals surface area contributed by atoms with Crippen molar-refractivity contribution in [3.63, 3.8) is 0 Å². The molecule has 1 aromatic heterocycles. The molecule has 4 heteroatoms. The molecule has 1 aromatic rings. The highest BCUT2D eigenvalue weighted by molar-refractivity contribution is 7.10. The van der Waals surface area contributed by atoms with Crippen LogP contribution in [0.5, 0.6) is 0 Å². The van der Waals surface area contributed by atoms with Gasteiger partial charge in [0.1, 0.15) is 6.17 Å². The van der Waals surface area contributed by atoms with Gasteiger partial charge in [-0.25, -0.2) is 0 Å². The lowest BCUT2D eigenvalue weighted by molar-refractivity contribution is -0.132. The summed E-state index contributed by atoms with van der Waals surface area (Å²) in [5.41, 5.74) is 0. The Kier molecular flexibility index (Phi) is 6.24. The number of thiophene rings is 1. The Hall–Kier alpha value is -0.870. The van der Waals surface area contributed by atoms with E-state index in [4.69, 9.17) is 0 Å². The molecular weight excluding hydrogens is 280 g/mol. The summed E-state index contributed by atoms with van der Waals surface area (Å²) in [6.45, 7) is 6.57. The van der Waals surface area contributed by atoms with Gasteiger partial charge in [-0.2, -0.15) is 0 Å². The summed E-state index contributed by atoms with van der Waals surface area (Å²) in [4.78, 5) is 16.3. The van der Waals surface area contributed by atoms with Crippen molar-refractivity contribution in [1.82, 2.24) is 10.2 Å². The molecule has 3 nitrogen and oxygen atoms in total. The Balaban J connectivity index is 2.20. The zero-order chi connectivity index (χ0) is 15.2. The predicted molar refractivity (Wildman–Crippen MR) is 89.3 cm³/mol. The van der Waals surface area contributed by atoms with Gasteiger partial charge in [0.25, 0.3) is 0 Å². The second-order valence-corrected chi connectivity index (χ2v) is 6.85. The quantitative estimate of drug-likeness (QED) is 0.776. The zero-order valence-corrected chi connectivity index (χ0v) is 14.3. The third-order valence-electron chi connectivity index (χ3n) is 4.34. The van der Waals surface area contributed by atoms with Gasteiger partial charge in [-0.05, 0) is 30.7 Å². The van der Waals surface area contributed by atoms with Crippen LogP contribution in [0.15, 0.2) is 17.5 Å². The molecule has 1 saturated heterocycles. The number of carbonyl (C=O) groups excluding carboxylic acids is 1. The molecule has 0 radical (unpaired) electrons. The fraction of sp³-hybridized carbons (Fsp3) is 0.706. The molecule has 1 aliphatic rings. The van der Waals surface area contributed by atoms with Crippen molar-refractivity contribution in [1.29, 1.82) is 0 Å². The van der Waals surface area contributed by atoms with Crippen LogP contribution >= 0.6 is 11.3 Å². The van der Waals surface area contributed by atoms with Crippen LogP contribution in [0.25, 0.3) is 0 Å². The third-order valence-corrected chi connectivity index (χ3v) is 5.26. The minimum absolute atomic E-state index is 0.00274. The Morgan fingerprint density at radius 3 is 2.71 bits per heavy atom. The number of nitrogens with one attached hydrogen (secondary N) is 1.